The molecule has 0 aromatic heterocycles. The van der Waals surface area contributed by atoms with Crippen molar-refractivity contribution in [3.63, 3.8) is 0 Å². The number of nitrogens with zero attached hydrogens (tertiary/aromatic N) is 1. The summed E-state index contributed by atoms with van der Waals surface area (Å²) in [6, 6.07) is 6.37. The minimum atomic E-state index is -1.73. The molecule has 3 N–H and O–H groups in total. The molecular formula is C11H13NO4S. The van der Waals surface area contributed by atoms with Crippen LogP contribution in [0.15, 0.2) is 24.3 Å². The number of rotatable bonds is 2. The third-order valence-electron chi connectivity index (χ3n) is 2.57. The van der Waals surface area contributed by atoms with Crippen molar-refractivity contribution in [3.8, 4) is 0 Å². The zero-order valence-corrected chi connectivity index (χ0v) is 9.85. The second-order valence-corrected chi connectivity index (χ2v) is 5.22. The highest BCUT2D eigenvalue weighted by atomic mass is 32.2. The fourth-order valence-electron chi connectivity index (χ4n) is 1.73. The molecule has 1 aromatic rings. The Bertz CT molecular complexity index is 418. The summed E-state index contributed by atoms with van der Waals surface area (Å²) in [5, 5.41) is 26.1. The van der Waals surface area contributed by atoms with Crippen molar-refractivity contribution < 1.29 is 20.1 Å². The lowest BCUT2D eigenvalue weighted by molar-refractivity contribution is -0.0698. The van der Waals surface area contributed by atoms with Crippen LogP contribution >= 0.6 is 11.8 Å². The van der Waals surface area contributed by atoms with Crippen molar-refractivity contribution in [2.75, 3.05) is 23.7 Å². The molecule has 0 spiro atoms. The SMILES string of the molecule is O=C(O)c1ccc(N2CCSC(O)(O)C2)cc1. The van der Waals surface area contributed by atoms with Crippen molar-refractivity contribution in [3.05, 3.63) is 29.8 Å². The van der Waals surface area contributed by atoms with Gasteiger partial charge in [0.05, 0.1) is 12.1 Å². The Morgan fingerprint density at radius 3 is 2.47 bits per heavy atom. The monoisotopic (exact) mass is 255 g/mol. The van der Waals surface area contributed by atoms with E-state index in [0.29, 0.717) is 12.3 Å². The molecule has 0 bridgehead atoms. The topological polar surface area (TPSA) is 81.0 Å². The number of aromatic carboxylic acids is 1. The number of β-amino-alcohol motifs (C(OH)–C–C–N with tert-alkyl or cyclic N) is 2. The van der Waals surface area contributed by atoms with Crippen LogP contribution in [0.5, 0.6) is 0 Å². The van der Waals surface area contributed by atoms with Crippen LogP contribution in [0.25, 0.3) is 0 Å². The van der Waals surface area contributed by atoms with E-state index in [1.165, 1.54) is 12.1 Å². The lowest BCUT2D eigenvalue weighted by Crippen LogP contribution is -2.46. The summed E-state index contributed by atoms with van der Waals surface area (Å²) >= 11 is 1.10. The summed E-state index contributed by atoms with van der Waals surface area (Å²) in [6.45, 7) is 0.823. The Kier molecular flexibility index (Phi) is 3.28. The molecule has 1 aliphatic heterocycles. The number of benzene rings is 1. The number of carboxylic acids is 1. The fraction of sp³-hybridized carbons (Fsp3) is 0.364. The molecule has 0 aliphatic carbocycles. The zero-order valence-electron chi connectivity index (χ0n) is 9.04. The molecule has 0 unspecified atom stereocenters. The largest absolute Gasteiger partial charge is 0.478 e. The highest BCUT2D eigenvalue weighted by Crippen LogP contribution is 2.28. The van der Waals surface area contributed by atoms with E-state index in [2.05, 4.69) is 0 Å². The van der Waals surface area contributed by atoms with Crippen LogP contribution in [0, 0.1) is 0 Å². The van der Waals surface area contributed by atoms with Crippen molar-refractivity contribution in [2.45, 2.75) is 5.12 Å². The molecule has 2 rings (SSSR count). The molecule has 0 atom stereocenters. The first-order chi connectivity index (χ1) is 7.98. The Morgan fingerprint density at radius 2 is 1.94 bits per heavy atom. The summed E-state index contributed by atoms with van der Waals surface area (Å²) in [5.41, 5.74) is 1.02. The Labute approximate surface area is 103 Å². The number of aliphatic hydroxyl groups is 2. The summed E-state index contributed by atoms with van der Waals surface area (Å²) in [7, 11) is 0. The van der Waals surface area contributed by atoms with E-state index in [-0.39, 0.29) is 12.1 Å². The lowest BCUT2D eigenvalue weighted by atomic mass is 10.2. The standard InChI is InChI=1S/C11H13NO4S/c13-10(14)8-1-3-9(4-2-8)12-5-6-17-11(15,16)7-12/h1-4,15-16H,5-7H2,(H,13,14). The summed E-state index contributed by atoms with van der Waals surface area (Å²) < 4.78 is 0. The van der Waals surface area contributed by atoms with Crippen LogP contribution in [-0.4, -0.2) is 45.3 Å². The predicted octanol–water partition coefficient (Wildman–Crippen LogP) is 0.576. The normalized spacial score (nSPS) is 19.1. The van der Waals surface area contributed by atoms with Crippen LogP contribution in [0.2, 0.25) is 0 Å². The van der Waals surface area contributed by atoms with Crippen LogP contribution < -0.4 is 4.90 Å². The number of carboxylic acid groups (broad SMARTS) is 1. The van der Waals surface area contributed by atoms with Gasteiger partial charge in [-0.1, -0.05) is 11.8 Å². The first-order valence-corrected chi connectivity index (χ1v) is 6.13. The van der Waals surface area contributed by atoms with Crippen LogP contribution in [0.1, 0.15) is 10.4 Å². The van der Waals surface area contributed by atoms with Crippen LogP contribution in [0.3, 0.4) is 0 Å². The van der Waals surface area contributed by atoms with Gasteiger partial charge in [0.2, 0.25) is 5.12 Å². The number of hydrogen-bond acceptors (Lipinski definition) is 5. The maximum absolute atomic E-state index is 10.7. The predicted molar refractivity (Wildman–Crippen MR) is 65.2 cm³/mol. The molecule has 1 aromatic carbocycles. The Morgan fingerprint density at radius 1 is 1.29 bits per heavy atom. The number of thioether (sulfide) groups is 1. The van der Waals surface area contributed by atoms with Crippen LogP contribution in [0.4, 0.5) is 5.69 Å². The fourth-order valence-corrected chi connectivity index (χ4v) is 2.61. The maximum atomic E-state index is 10.7. The average molecular weight is 255 g/mol. The van der Waals surface area contributed by atoms with E-state index in [9.17, 15) is 15.0 Å². The van der Waals surface area contributed by atoms with Crippen molar-refractivity contribution in [2.24, 2.45) is 0 Å². The van der Waals surface area contributed by atoms with E-state index >= 15 is 0 Å². The minimum absolute atomic E-state index is 0.115. The highest BCUT2D eigenvalue weighted by Gasteiger charge is 2.31. The van der Waals surface area contributed by atoms with Gasteiger partial charge in [-0.15, -0.1) is 0 Å². The Hall–Kier alpha value is -1.24. The van der Waals surface area contributed by atoms with Gasteiger partial charge >= 0.3 is 5.97 Å². The quantitative estimate of drug-likeness (QED) is 0.671. The van der Waals surface area contributed by atoms with E-state index in [4.69, 9.17) is 5.11 Å². The zero-order chi connectivity index (χ0) is 12.5. The Balaban J connectivity index is 2.14. The van der Waals surface area contributed by atoms with Gasteiger partial charge in [-0.05, 0) is 24.3 Å². The molecule has 5 nitrogen and oxygen atoms in total. The molecule has 0 radical (unpaired) electrons. The van der Waals surface area contributed by atoms with Crippen molar-refractivity contribution >= 4 is 23.4 Å². The van der Waals surface area contributed by atoms with E-state index in [1.54, 1.807) is 12.1 Å². The lowest BCUT2D eigenvalue weighted by Gasteiger charge is -2.36. The number of carbonyl (C=O) groups is 1. The van der Waals surface area contributed by atoms with E-state index in [0.717, 1.165) is 17.4 Å². The van der Waals surface area contributed by atoms with Gasteiger partial charge in [-0.3, -0.25) is 0 Å². The summed E-state index contributed by atoms with van der Waals surface area (Å²) in [4.78, 5) is 12.5. The third-order valence-corrected chi connectivity index (χ3v) is 3.55. The van der Waals surface area contributed by atoms with E-state index < -0.39 is 11.1 Å². The molecule has 1 aliphatic rings. The van der Waals surface area contributed by atoms with Gasteiger partial charge in [0.1, 0.15) is 0 Å². The van der Waals surface area contributed by atoms with Crippen LogP contribution in [-0.2, 0) is 0 Å². The molecule has 0 amide bonds. The van der Waals surface area contributed by atoms with Gasteiger partial charge in [0.25, 0.3) is 0 Å². The van der Waals surface area contributed by atoms with Crippen molar-refractivity contribution in [1.82, 2.24) is 0 Å². The maximum Gasteiger partial charge on any atom is 0.335 e. The second kappa shape index (κ2) is 4.56. The summed E-state index contributed by atoms with van der Waals surface area (Å²) in [6.07, 6.45) is 0. The first-order valence-electron chi connectivity index (χ1n) is 5.15. The first kappa shape index (κ1) is 12.2. The van der Waals surface area contributed by atoms with Gasteiger partial charge in [-0.25, -0.2) is 4.79 Å². The highest BCUT2D eigenvalue weighted by molar-refractivity contribution is 8.00. The third kappa shape index (κ3) is 2.91. The van der Waals surface area contributed by atoms with Gasteiger partial charge < -0.3 is 20.2 Å². The van der Waals surface area contributed by atoms with Gasteiger partial charge in [0.15, 0.2) is 0 Å². The molecule has 1 saturated heterocycles. The summed E-state index contributed by atoms with van der Waals surface area (Å²) in [5.74, 6) is -0.349. The molecule has 17 heavy (non-hydrogen) atoms. The van der Waals surface area contributed by atoms with Gasteiger partial charge in [0, 0.05) is 18.0 Å². The smallest absolute Gasteiger partial charge is 0.335 e. The number of anilines is 1. The second-order valence-electron chi connectivity index (χ2n) is 3.87. The molecule has 0 saturated carbocycles. The molecule has 6 heteroatoms. The van der Waals surface area contributed by atoms with E-state index in [1.807, 2.05) is 4.90 Å². The molecule has 92 valence electrons. The van der Waals surface area contributed by atoms with Gasteiger partial charge in [-0.2, -0.15) is 0 Å². The number of hydrogen-bond donors (Lipinski definition) is 3. The molecule has 1 fully saturated rings. The van der Waals surface area contributed by atoms with Crippen molar-refractivity contribution in [1.29, 1.82) is 0 Å². The molecule has 1 heterocycles. The average Bonchev–Trinajstić information content (AvgIpc) is 2.28. The molecular weight excluding hydrogens is 242 g/mol. The minimum Gasteiger partial charge on any atom is -0.478 e.